The molecule has 1 aromatic carbocycles. The predicted molar refractivity (Wildman–Crippen MR) is 105 cm³/mol. The average Bonchev–Trinajstić information content (AvgIpc) is 3.31. The fourth-order valence-electron chi connectivity index (χ4n) is 3.34. The van der Waals surface area contributed by atoms with Crippen molar-refractivity contribution in [1.29, 1.82) is 0 Å². The first-order valence-electron chi connectivity index (χ1n) is 9.26. The van der Waals surface area contributed by atoms with Crippen molar-refractivity contribution in [3.05, 3.63) is 53.0 Å². The molecule has 1 fully saturated rings. The minimum absolute atomic E-state index is 0.0506. The Morgan fingerprint density at radius 1 is 1.38 bits per heavy atom. The quantitative estimate of drug-likeness (QED) is 0.452. The number of hydrogen-bond donors (Lipinski definition) is 2. The van der Waals surface area contributed by atoms with Crippen LogP contribution < -0.4 is 15.5 Å². The number of aryl methyl sites for hydroxylation is 1. The molecule has 0 spiro atoms. The smallest absolute Gasteiger partial charge is 0.341 e. The molecule has 1 aliphatic heterocycles. The van der Waals surface area contributed by atoms with E-state index in [4.69, 9.17) is 9.15 Å². The van der Waals surface area contributed by atoms with Gasteiger partial charge in [-0.15, -0.1) is 0 Å². The molecule has 1 unspecified atom stereocenters. The van der Waals surface area contributed by atoms with Gasteiger partial charge in [0.25, 0.3) is 0 Å². The van der Waals surface area contributed by atoms with Gasteiger partial charge in [-0.2, -0.15) is 0 Å². The van der Waals surface area contributed by atoms with Crippen LogP contribution in [0.1, 0.15) is 28.3 Å². The van der Waals surface area contributed by atoms with Crippen molar-refractivity contribution in [3.8, 4) is 0 Å². The first-order valence-corrected chi connectivity index (χ1v) is 9.26. The lowest BCUT2D eigenvalue weighted by atomic mass is 10.2. The number of aliphatic imine (C=N–C) groups is 1. The van der Waals surface area contributed by atoms with Gasteiger partial charge >= 0.3 is 5.97 Å². The number of nitrogens with one attached hydrogen (secondary N) is 2. The standard InChI is InChI=1S/C20H24F2N4O3/c1-12-16(19(27)28-3)9-15(29-12)10-24-20(23-2)25-14-6-7-26(11-14)18-5-4-13(21)8-17(18)22/h4-5,8-9,14H,6-7,10-11H2,1-3H3,(H2,23,24,25). The summed E-state index contributed by atoms with van der Waals surface area (Å²) in [6.07, 6.45) is 0.782. The summed E-state index contributed by atoms with van der Waals surface area (Å²) in [5.41, 5.74) is 0.778. The Bertz CT molecular complexity index is 913. The SMILES string of the molecule is CN=C(NCc1cc(C(=O)OC)c(C)o1)NC1CCN(c2ccc(F)cc2F)C1. The molecule has 0 aliphatic carbocycles. The fourth-order valence-corrected chi connectivity index (χ4v) is 3.34. The van der Waals surface area contributed by atoms with Crippen LogP contribution in [0.25, 0.3) is 0 Å². The number of rotatable bonds is 5. The number of furan rings is 1. The van der Waals surface area contributed by atoms with Crippen LogP contribution in [0.4, 0.5) is 14.5 Å². The summed E-state index contributed by atoms with van der Waals surface area (Å²) < 4.78 is 37.4. The average molecular weight is 406 g/mol. The summed E-state index contributed by atoms with van der Waals surface area (Å²) in [6.45, 7) is 3.25. The van der Waals surface area contributed by atoms with Crippen LogP contribution in [0.2, 0.25) is 0 Å². The summed E-state index contributed by atoms with van der Waals surface area (Å²) in [7, 11) is 2.97. The van der Waals surface area contributed by atoms with Crippen molar-refractivity contribution in [2.45, 2.75) is 25.9 Å². The zero-order valence-electron chi connectivity index (χ0n) is 16.6. The van der Waals surface area contributed by atoms with Crippen LogP contribution in [0.15, 0.2) is 33.7 Å². The number of esters is 1. The Labute approximate surface area is 167 Å². The second kappa shape index (κ2) is 8.93. The summed E-state index contributed by atoms with van der Waals surface area (Å²) in [6, 6.07) is 5.29. The number of halogens is 2. The molecular formula is C20H24F2N4O3. The lowest BCUT2D eigenvalue weighted by Gasteiger charge is -2.20. The number of hydrogen-bond acceptors (Lipinski definition) is 5. The number of benzene rings is 1. The van der Waals surface area contributed by atoms with E-state index in [-0.39, 0.29) is 6.04 Å². The van der Waals surface area contributed by atoms with Gasteiger partial charge in [-0.1, -0.05) is 0 Å². The number of ether oxygens (including phenoxy) is 1. The van der Waals surface area contributed by atoms with E-state index in [2.05, 4.69) is 15.6 Å². The van der Waals surface area contributed by atoms with Crippen molar-refractivity contribution >= 4 is 17.6 Å². The molecule has 2 N–H and O–H groups in total. The van der Waals surface area contributed by atoms with E-state index < -0.39 is 17.6 Å². The van der Waals surface area contributed by atoms with Crippen molar-refractivity contribution in [2.75, 3.05) is 32.1 Å². The van der Waals surface area contributed by atoms with Crippen LogP contribution in [0.3, 0.4) is 0 Å². The topological polar surface area (TPSA) is 79.1 Å². The van der Waals surface area contributed by atoms with Crippen molar-refractivity contribution in [3.63, 3.8) is 0 Å². The molecular weight excluding hydrogens is 382 g/mol. The Balaban J connectivity index is 1.55. The highest BCUT2D eigenvalue weighted by molar-refractivity contribution is 5.90. The van der Waals surface area contributed by atoms with Gasteiger partial charge in [0.05, 0.1) is 19.3 Å². The highest BCUT2D eigenvalue weighted by Crippen LogP contribution is 2.24. The molecule has 0 radical (unpaired) electrons. The Kier molecular flexibility index (Phi) is 6.36. The van der Waals surface area contributed by atoms with Gasteiger partial charge in [0, 0.05) is 32.2 Å². The number of anilines is 1. The van der Waals surface area contributed by atoms with E-state index in [0.29, 0.717) is 48.4 Å². The molecule has 0 bridgehead atoms. The number of carbonyl (C=O) groups is 1. The minimum Gasteiger partial charge on any atom is -0.465 e. The number of carbonyl (C=O) groups excluding carboxylic acids is 1. The maximum atomic E-state index is 14.0. The third kappa shape index (κ3) is 4.85. The van der Waals surface area contributed by atoms with E-state index in [1.54, 1.807) is 20.0 Å². The fraction of sp³-hybridized carbons (Fsp3) is 0.400. The van der Waals surface area contributed by atoms with Crippen LogP contribution in [0, 0.1) is 18.6 Å². The Hall–Kier alpha value is -3.10. The normalized spacial score (nSPS) is 16.8. The molecule has 1 saturated heterocycles. The predicted octanol–water partition coefficient (Wildman–Crippen LogP) is 2.60. The second-order valence-electron chi connectivity index (χ2n) is 6.77. The monoisotopic (exact) mass is 406 g/mol. The Morgan fingerprint density at radius 2 is 2.17 bits per heavy atom. The van der Waals surface area contributed by atoms with Gasteiger partial charge in [0.15, 0.2) is 5.96 Å². The van der Waals surface area contributed by atoms with Gasteiger partial charge in [0.2, 0.25) is 0 Å². The summed E-state index contributed by atoms with van der Waals surface area (Å²) >= 11 is 0. The van der Waals surface area contributed by atoms with Crippen LogP contribution in [-0.2, 0) is 11.3 Å². The zero-order chi connectivity index (χ0) is 21.0. The molecule has 29 heavy (non-hydrogen) atoms. The highest BCUT2D eigenvalue weighted by Gasteiger charge is 2.25. The van der Waals surface area contributed by atoms with Crippen LogP contribution >= 0.6 is 0 Å². The maximum absolute atomic E-state index is 14.0. The Morgan fingerprint density at radius 3 is 2.86 bits per heavy atom. The maximum Gasteiger partial charge on any atom is 0.341 e. The molecule has 0 saturated carbocycles. The molecule has 1 aliphatic rings. The number of methoxy groups -OCH3 is 1. The zero-order valence-corrected chi connectivity index (χ0v) is 16.6. The van der Waals surface area contributed by atoms with Crippen molar-refractivity contribution in [1.82, 2.24) is 10.6 Å². The second-order valence-corrected chi connectivity index (χ2v) is 6.77. The van der Waals surface area contributed by atoms with Crippen LogP contribution in [0.5, 0.6) is 0 Å². The summed E-state index contributed by atoms with van der Waals surface area (Å²) in [5, 5.41) is 6.42. The number of nitrogens with zero attached hydrogens (tertiary/aromatic N) is 2. The lowest BCUT2D eigenvalue weighted by molar-refractivity contribution is 0.0599. The van der Waals surface area contributed by atoms with Gasteiger partial charge < -0.3 is 24.7 Å². The molecule has 1 atom stereocenters. The molecule has 1 aromatic heterocycles. The highest BCUT2D eigenvalue weighted by atomic mass is 19.1. The first-order chi connectivity index (χ1) is 13.9. The van der Waals surface area contributed by atoms with Gasteiger partial charge in [-0.05, 0) is 31.5 Å². The third-order valence-electron chi connectivity index (χ3n) is 4.81. The van der Waals surface area contributed by atoms with E-state index >= 15 is 0 Å². The molecule has 9 heteroatoms. The first kappa shape index (κ1) is 20.6. The molecule has 2 aromatic rings. The minimum atomic E-state index is -0.590. The summed E-state index contributed by atoms with van der Waals surface area (Å²) in [4.78, 5) is 17.7. The number of guanidine groups is 1. The largest absolute Gasteiger partial charge is 0.465 e. The molecule has 156 valence electrons. The molecule has 3 rings (SSSR count). The summed E-state index contributed by atoms with van der Waals surface area (Å²) in [5.74, 6) is 0.0248. The van der Waals surface area contributed by atoms with Crippen LogP contribution in [-0.4, -0.2) is 45.2 Å². The van der Waals surface area contributed by atoms with Gasteiger partial charge in [0.1, 0.15) is 28.7 Å². The van der Waals surface area contributed by atoms with Gasteiger partial charge in [-0.3, -0.25) is 4.99 Å². The molecule has 0 amide bonds. The van der Waals surface area contributed by atoms with Crippen molar-refractivity contribution < 1.29 is 22.7 Å². The van der Waals surface area contributed by atoms with E-state index in [9.17, 15) is 13.6 Å². The van der Waals surface area contributed by atoms with E-state index in [1.165, 1.54) is 19.2 Å². The molecule has 7 nitrogen and oxygen atoms in total. The lowest BCUT2D eigenvalue weighted by Crippen LogP contribution is -2.44. The third-order valence-corrected chi connectivity index (χ3v) is 4.81. The van der Waals surface area contributed by atoms with E-state index in [1.807, 2.05) is 4.90 Å². The van der Waals surface area contributed by atoms with E-state index in [0.717, 1.165) is 12.5 Å². The van der Waals surface area contributed by atoms with Crippen molar-refractivity contribution in [2.24, 2.45) is 4.99 Å². The van der Waals surface area contributed by atoms with Gasteiger partial charge in [-0.25, -0.2) is 13.6 Å². The molecule has 2 heterocycles.